The monoisotopic (exact) mass is 831 g/mol. The molecule has 0 aromatic heterocycles. The van der Waals surface area contributed by atoms with Crippen LogP contribution in [0.3, 0.4) is 0 Å². The lowest BCUT2D eigenvalue weighted by Crippen LogP contribution is -2.59. The summed E-state index contributed by atoms with van der Waals surface area (Å²) in [6, 6.07) is 3.02. The van der Waals surface area contributed by atoms with Gasteiger partial charge in [-0.05, 0) is 82.5 Å². The zero-order valence-electron chi connectivity index (χ0n) is 33.6. The van der Waals surface area contributed by atoms with Crippen molar-refractivity contribution < 1.29 is 39.8 Å². The van der Waals surface area contributed by atoms with Crippen LogP contribution in [0.15, 0.2) is 17.1 Å². The van der Waals surface area contributed by atoms with Gasteiger partial charge < -0.3 is 56.7 Å². The van der Waals surface area contributed by atoms with Gasteiger partial charge in [0.1, 0.15) is 12.2 Å². The summed E-state index contributed by atoms with van der Waals surface area (Å²) in [6.07, 6.45) is 5.31. The number of fused-ring (bicyclic) bond motifs is 6. The lowest BCUT2D eigenvalue weighted by atomic mass is 9.72. The molecule has 57 heavy (non-hydrogen) atoms. The standard InChI is InChI=1S/C42H65N5O8S2/c1-27(48)40-14-8-29-7-6-13-42(25-44-17-18-56-57-26-41(11-4-3-5-12-41)47-39(43)45-24-40)23-32(10-16-46-42)55-37-20-30(34(38(52)53)22-35(37)51)19-33(29)36(54-28(2)49)21-31(50)9-15-40/h20,22,27,29,31-33,36,38,44,46,48,50-53H,3-7,9-13,15-19,21,23-26H2,1-2H3,(H3,43,45,47). The molecule has 3 aliphatic heterocycles. The van der Waals surface area contributed by atoms with Crippen LogP contribution in [0.2, 0.25) is 0 Å². The molecular formula is C42H65N5O8S2. The Morgan fingerprint density at radius 2 is 1.84 bits per heavy atom. The highest BCUT2D eigenvalue weighted by molar-refractivity contribution is 8.76. The molecule has 318 valence electrons. The number of nitrogens with two attached hydrogens (primary N) is 1. The number of nitrogens with one attached hydrogen (secondary N) is 3. The highest BCUT2D eigenvalue weighted by Crippen LogP contribution is 2.42. The van der Waals surface area contributed by atoms with Gasteiger partial charge in [-0.25, -0.2) is 0 Å². The highest BCUT2D eigenvalue weighted by atomic mass is 33.1. The number of piperidine rings is 1. The van der Waals surface area contributed by atoms with E-state index in [1.54, 1.807) is 13.0 Å². The zero-order chi connectivity index (χ0) is 40.6. The third-order valence-corrected chi connectivity index (χ3v) is 15.6. The van der Waals surface area contributed by atoms with Crippen molar-refractivity contribution in [3.8, 4) is 23.3 Å². The lowest BCUT2D eigenvalue weighted by molar-refractivity contribution is -0.152. The van der Waals surface area contributed by atoms with E-state index in [1.807, 2.05) is 21.6 Å². The first-order valence-corrected chi connectivity index (χ1v) is 23.5. The summed E-state index contributed by atoms with van der Waals surface area (Å²) >= 11 is 0. The molecule has 13 nitrogen and oxygen atoms in total. The summed E-state index contributed by atoms with van der Waals surface area (Å²) in [4.78, 5) is 17.6. The first-order valence-electron chi connectivity index (χ1n) is 21.0. The number of aliphatic hydroxyl groups is 4. The number of phenols is 1. The fraction of sp³-hybridized carbons (Fsp3) is 0.762. The number of hydrogen-bond acceptors (Lipinski definition) is 15. The molecule has 8 unspecified atom stereocenters. The Morgan fingerprint density at radius 1 is 1.05 bits per heavy atom. The molecule has 6 rings (SSSR count). The summed E-state index contributed by atoms with van der Waals surface area (Å²) in [5.41, 5.74) is 5.79. The predicted molar refractivity (Wildman–Crippen MR) is 225 cm³/mol. The van der Waals surface area contributed by atoms with Crippen LogP contribution in [-0.2, 0) is 16.0 Å². The number of carbonyl (C=O) groups excluding carboxylic acids is 1. The van der Waals surface area contributed by atoms with Crippen molar-refractivity contribution in [2.75, 3.05) is 37.7 Å². The summed E-state index contributed by atoms with van der Waals surface area (Å²) in [7, 11) is 3.73. The maximum atomic E-state index is 12.7. The first kappa shape index (κ1) is 44.1. The maximum Gasteiger partial charge on any atom is 0.302 e. The van der Waals surface area contributed by atoms with Crippen molar-refractivity contribution in [3.63, 3.8) is 0 Å². The number of carbonyl (C=O) groups is 1. The molecule has 2 spiro atoms. The average Bonchev–Trinajstić information content (AvgIpc) is 3.16. The fourth-order valence-corrected chi connectivity index (χ4v) is 12.2. The molecule has 8 atom stereocenters. The van der Waals surface area contributed by atoms with Crippen LogP contribution in [0.1, 0.15) is 115 Å². The van der Waals surface area contributed by atoms with E-state index < -0.39 is 47.8 Å². The van der Waals surface area contributed by atoms with E-state index in [1.165, 1.54) is 19.4 Å². The van der Waals surface area contributed by atoms with Gasteiger partial charge in [0.05, 0.1) is 24.2 Å². The van der Waals surface area contributed by atoms with Crippen molar-refractivity contribution in [1.82, 2.24) is 16.0 Å². The number of ether oxygens (including phenoxy) is 2. The average molecular weight is 832 g/mol. The van der Waals surface area contributed by atoms with Crippen LogP contribution >= 0.6 is 21.6 Å². The van der Waals surface area contributed by atoms with Gasteiger partial charge in [0, 0.05) is 72.8 Å². The Kier molecular flexibility index (Phi) is 15.3. The van der Waals surface area contributed by atoms with Gasteiger partial charge in [0.2, 0.25) is 0 Å². The van der Waals surface area contributed by atoms with Crippen molar-refractivity contribution >= 4 is 33.5 Å². The summed E-state index contributed by atoms with van der Waals surface area (Å²) in [6.45, 7) is 5.48. The van der Waals surface area contributed by atoms with E-state index in [4.69, 9.17) is 20.2 Å². The second kappa shape index (κ2) is 19.8. The van der Waals surface area contributed by atoms with Crippen LogP contribution in [0.25, 0.3) is 0 Å². The Labute approximate surface area is 345 Å². The molecule has 1 aromatic rings. The molecule has 5 aliphatic rings. The molecule has 1 saturated heterocycles. The highest BCUT2D eigenvalue weighted by Gasteiger charge is 2.42. The van der Waals surface area contributed by atoms with Crippen LogP contribution < -0.4 is 26.4 Å². The third-order valence-electron chi connectivity index (χ3n) is 13.0. The maximum absolute atomic E-state index is 12.7. The Bertz CT molecular complexity index is 1620. The summed E-state index contributed by atoms with van der Waals surface area (Å²) in [5.74, 6) is 7.94. The zero-order valence-corrected chi connectivity index (χ0v) is 35.3. The second-order valence-electron chi connectivity index (χ2n) is 17.3. The largest absolute Gasteiger partial charge is 0.504 e. The number of nitrogens with zero attached hydrogens (tertiary/aromatic N) is 1. The van der Waals surface area contributed by atoms with Gasteiger partial charge >= 0.3 is 5.97 Å². The molecule has 0 radical (unpaired) electrons. The van der Waals surface area contributed by atoms with Gasteiger partial charge in [0.25, 0.3) is 0 Å². The molecule has 1 aromatic carbocycles. The molecule has 6 bridgehead atoms. The molecule has 3 heterocycles. The summed E-state index contributed by atoms with van der Waals surface area (Å²) < 4.78 is 12.6. The number of esters is 1. The number of phenolic OH excluding ortho intramolecular Hbond substituents is 1. The van der Waals surface area contributed by atoms with E-state index in [-0.39, 0.29) is 60.1 Å². The van der Waals surface area contributed by atoms with Crippen LogP contribution in [0.5, 0.6) is 11.5 Å². The van der Waals surface area contributed by atoms with Crippen molar-refractivity contribution in [3.05, 3.63) is 23.3 Å². The van der Waals surface area contributed by atoms with Crippen molar-refractivity contribution in [1.29, 1.82) is 0 Å². The van der Waals surface area contributed by atoms with Crippen LogP contribution in [0.4, 0.5) is 0 Å². The lowest BCUT2D eigenvalue weighted by Gasteiger charge is -2.43. The number of benzene rings is 1. The van der Waals surface area contributed by atoms with Crippen molar-refractivity contribution in [2.24, 2.45) is 28.0 Å². The Hall–Kier alpha value is -2.42. The molecular weight excluding hydrogens is 767 g/mol. The van der Waals surface area contributed by atoms with E-state index in [9.17, 15) is 30.3 Å². The number of guanidine groups is 1. The van der Waals surface area contributed by atoms with E-state index in [0.717, 1.165) is 76.1 Å². The minimum absolute atomic E-state index is 0.115. The van der Waals surface area contributed by atoms with Crippen molar-refractivity contribution in [2.45, 2.75) is 146 Å². The number of aliphatic hydroxyl groups excluding tert-OH is 3. The van der Waals surface area contributed by atoms with Gasteiger partial charge in [-0.2, -0.15) is 0 Å². The fourth-order valence-electron chi connectivity index (χ4n) is 9.70. The second-order valence-corrected chi connectivity index (χ2v) is 19.9. The number of aliphatic imine (C=N–C) groups is 1. The topological polar surface area (TPSA) is 211 Å². The van der Waals surface area contributed by atoms with Gasteiger partial charge in [-0.15, -0.1) is 0 Å². The van der Waals surface area contributed by atoms with E-state index >= 15 is 0 Å². The quantitative estimate of drug-likeness (QED) is 0.0923. The van der Waals surface area contributed by atoms with Gasteiger partial charge in [-0.1, -0.05) is 59.1 Å². The van der Waals surface area contributed by atoms with Gasteiger partial charge in [0.15, 0.2) is 23.7 Å². The third kappa shape index (κ3) is 11.4. The van der Waals surface area contributed by atoms with Crippen LogP contribution in [0, 0.1) is 29.1 Å². The molecule has 10 N–H and O–H groups in total. The Morgan fingerprint density at radius 3 is 2.60 bits per heavy atom. The Balaban J connectivity index is 1.49. The van der Waals surface area contributed by atoms with E-state index in [0.29, 0.717) is 30.8 Å². The normalized spacial score (nSPS) is 33.6. The van der Waals surface area contributed by atoms with Gasteiger partial charge in [-0.3, -0.25) is 9.79 Å². The predicted octanol–water partition coefficient (Wildman–Crippen LogP) is 3.64. The molecule has 2 aliphatic carbocycles. The minimum Gasteiger partial charge on any atom is -0.504 e. The molecule has 1 saturated carbocycles. The van der Waals surface area contributed by atoms with Crippen LogP contribution in [-0.4, -0.2) is 111 Å². The number of hydrogen-bond donors (Lipinski definition) is 9. The SMILES string of the molecule is CC(=O)OC1CC(O)CCC2(C(C)O)C#CC3CCCC4(CNCCSSCC5(CCCCC5)NC(N)=NC2)CC(CCN4)Oc2cc(c(C(O)O)cc2O)CC31. The smallest absolute Gasteiger partial charge is 0.302 e. The first-order chi connectivity index (χ1) is 27.3. The molecule has 2 fully saturated rings. The summed E-state index contributed by atoms with van der Waals surface area (Å²) in [5, 5.41) is 66.8. The van der Waals surface area contributed by atoms with E-state index in [2.05, 4.69) is 27.8 Å². The minimum atomic E-state index is -1.89. The molecule has 0 amide bonds. The number of aromatic hydroxyl groups is 1. The number of rotatable bonds is 3. The molecule has 15 heteroatoms.